The van der Waals surface area contributed by atoms with E-state index in [0.29, 0.717) is 65.0 Å². The predicted octanol–water partition coefficient (Wildman–Crippen LogP) is 2.56. The molecule has 6 radical (unpaired) electrons. The van der Waals surface area contributed by atoms with E-state index >= 15 is 4.39 Å². The van der Waals surface area contributed by atoms with Crippen LogP contribution >= 0.6 is 0 Å². The van der Waals surface area contributed by atoms with E-state index < -0.39 is 26.8 Å². The summed E-state index contributed by atoms with van der Waals surface area (Å²) in [5, 5.41) is 6.93. The molecule has 214 valence electrons. The molecular formula is C28H26B3FN6O4S. The molecule has 1 aromatic carbocycles. The normalized spacial score (nSPS) is 15.7. The molecule has 1 unspecified atom stereocenters. The summed E-state index contributed by atoms with van der Waals surface area (Å²) in [6, 6.07) is 7.13. The highest BCUT2D eigenvalue weighted by atomic mass is 32.2. The molecule has 1 atom stereocenters. The fourth-order valence-electron chi connectivity index (χ4n) is 5.94. The molecule has 0 bridgehead atoms. The van der Waals surface area contributed by atoms with Crippen LogP contribution in [0.15, 0.2) is 47.6 Å². The minimum atomic E-state index is -3.66. The SMILES string of the molecule is [B]C([B])([B])c1nnn(C)c1-c1cnc2c3c(OC)cc(S(C)(=O)=O)cc3n(C(c3ncccc3F)C3CCOCC3)c2c1. The van der Waals surface area contributed by atoms with Crippen molar-refractivity contribution in [3.05, 3.63) is 59.9 Å². The smallest absolute Gasteiger partial charge is 0.175 e. The number of nitrogens with zero attached hydrogens (tertiary/aromatic N) is 6. The van der Waals surface area contributed by atoms with E-state index in [2.05, 4.69) is 15.3 Å². The Bertz CT molecular complexity index is 1970. The first kappa shape index (κ1) is 29.4. The predicted molar refractivity (Wildman–Crippen MR) is 162 cm³/mol. The first-order chi connectivity index (χ1) is 20.4. The molecule has 0 aliphatic carbocycles. The second-order valence-electron chi connectivity index (χ2n) is 10.9. The van der Waals surface area contributed by atoms with E-state index in [-0.39, 0.29) is 22.2 Å². The number of pyridine rings is 2. The summed E-state index contributed by atoms with van der Waals surface area (Å²) < 4.78 is 56.1. The summed E-state index contributed by atoms with van der Waals surface area (Å²) >= 11 is 0. The quantitative estimate of drug-likeness (QED) is 0.265. The second kappa shape index (κ2) is 10.8. The van der Waals surface area contributed by atoms with Gasteiger partial charge in [0.25, 0.3) is 0 Å². The lowest BCUT2D eigenvalue weighted by atomic mass is 9.41. The Balaban J connectivity index is 1.77. The highest BCUT2D eigenvalue weighted by molar-refractivity contribution is 7.90. The van der Waals surface area contributed by atoms with Crippen LogP contribution < -0.4 is 4.74 Å². The summed E-state index contributed by atoms with van der Waals surface area (Å²) in [5.74, 6) is -0.282. The molecule has 6 rings (SSSR count). The first-order valence-corrected chi connectivity index (χ1v) is 15.5. The standard InChI is InChI=1S/C28H26B3FN6O4S/c1-37-26(27(35-36-37)28(29,30)31)16-11-20-24(34-14-16)22-19(12-17(43(3,39)40)13-21(22)41-2)38(20)25(15-6-9-42-10-7-15)23-18(32)5-4-8-33-23/h4-5,8,11-15,25H,6-7,9-10H2,1-3H3. The third kappa shape index (κ3) is 5.12. The van der Waals surface area contributed by atoms with Crippen LogP contribution in [0.5, 0.6) is 5.75 Å². The van der Waals surface area contributed by atoms with Crippen molar-refractivity contribution < 1.29 is 22.3 Å². The molecule has 4 aromatic heterocycles. The van der Waals surface area contributed by atoms with Gasteiger partial charge < -0.3 is 14.0 Å². The third-order valence-electron chi connectivity index (χ3n) is 7.89. The summed E-state index contributed by atoms with van der Waals surface area (Å²) in [6.07, 6.45) is 5.53. The van der Waals surface area contributed by atoms with Gasteiger partial charge in [-0.1, -0.05) is 10.3 Å². The molecule has 1 aliphatic heterocycles. The Morgan fingerprint density at radius 3 is 2.53 bits per heavy atom. The van der Waals surface area contributed by atoms with E-state index in [0.717, 1.165) is 6.26 Å². The number of sulfone groups is 1. The average molecular weight is 594 g/mol. The topological polar surface area (TPSA) is 114 Å². The number of hydrogen-bond donors (Lipinski definition) is 0. The Hall–Kier alpha value is -3.71. The number of aryl methyl sites for hydroxylation is 1. The van der Waals surface area contributed by atoms with Gasteiger partial charge >= 0.3 is 0 Å². The summed E-state index contributed by atoms with van der Waals surface area (Å²) in [6.45, 7) is 0.980. The number of ether oxygens (including phenoxy) is 2. The van der Waals surface area contributed by atoms with Crippen molar-refractivity contribution >= 4 is 55.3 Å². The summed E-state index contributed by atoms with van der Waals surface area (Å²) in [4.78, 5) is 9.35. The van der Waals surface area contributed by atoms with Gasteiger partial charge in [0.1, 0.15) is 11.6 Å². The van der Waals surface area contributed by atoms with Crippen LogP contribution in [-0.2, 0) is 26.7 Å². The Morgan fingerprint density at radius 2 is 1.88 bits per heavy atom. The fourth-order valence-corrected chi connectivity index (χ4v) is 6.59. The molecular weight excluding hydrogens is 568 g/mol. The molecule has 0 spiro atoms. The van der Waals surface area contributed by atoms with Gasteiger partial charge in [-0.15, -0.1) is 5.10 Å². The first-order valence-electron chi connectivity index (χ1n) is 13.6. The van der Waals surface area contributed by atoms with Crippen molar-refractivity contribution in [2.45, 2.75) is 28.9 Å². The zero-order valence-electron chi connectivity index (χ0n) is 23.9. The number of aromatic nitrogens is 6. The van der Waals surface area contributed by atoms with E-state index in [1.807, 2.05) is 10.6 Å². The number of benzene rings is 1. The lowest BCUT2D eigenvalue weighted by Gasteiger charge is -2.32. The van der Waals surface area contributed by atoms with E-state index in [4.69, 9.17) is 38.0 Å². The molecule has 1 fully saturated rings. The number of fused-ring (bicyclic) bond motifs is 3. The molecule has 15 heteroatoms. The van der Waals surface area contributed by atoms with E-state index in [1.165, 1.54) is 30.0 Å². The number of rotatable bonds is 7. The average Bonchev–Trinajstić information content (AvgIpc) is 3.52. The summed E-state index contributed by atoms with van der Waals surface area (Å²) in [5.41, 5.74) is 2.92. The van der Waals surface area contributed by atoms with Crippen LogP contribution in [0.3, 0.4) is 0 Å². The zero-order chi connectivity index (χ0) is 30.7. The molecule has 0 amide bonds. The number of halogens is 1. The maximum absolute atomic E-state index is 15.6. The minimum Gasteiger partial charge on any atom is -0.496 e. The van der Waals surface area contributed by atoms with Gasteiger partial charge in [0.05, 0.1) is 80.6 Å². The minimum absolute atomic E-state index is 0.0469. The van der Waals surface area contributed by atoms with Crippen molar-refractivity contribution in [2.24, 2.45) is 13.0 Å². The molecule has 5 heterocycles. The molecule has 5 aromatic rings. The molecule has 0 N–H and O–H groups in total. The van der Waals surface area contributed by atoms with Crippen molar-refractivity contribution in [3.63, 3.8) is 0 Å². The molecule has 0 saturated carbocycles. The van der Waals surface area contributed by atoms with E-state index in [9.17, 15) is 8.42 Å². The molecule has 10 nitrogen and oxygen atoms in total. The van der Waals surface area contributed by atoms with Gasteiger partial charge in [-0.05, 0) is 49.1 Å². The number of methoxy groups -OCH3 is 1. The van der Waals surface area contributed by atoms with Gasteiger partial charge in [0, 0.05) is 44.5 Å². The summed E-state index contributed by atoms with van der Waals surface area (Å²) in [7, 11) is 17.5. The zero-order valence-corrected chi connectivity index (χ0v) is 24.7. The maximum atomic E-state index is 15.6. The molecule has 1 aliphatic rings. The monoisotopic (exact) mass is 594 g/mol. The van der Waals surface area contributed by atoms with Gasteiger partial charge in [0.15, 0.2) is 9.84 Å². The van der Waals surface area contributed by atoms with Crippen molar-refractivity contribution in [3.8, 4) is 17.0 Å². The van der Waals surface area contributed by atoms with Crippen molar-refractivity contribution in [2.75, 3.05) is 26.6 Å². The third-order valence-corrected chi connectivity index (χ3v) is 8.99. The maximum Gasteiger partial charge on any atom is 0.175 e. The molecule has 1 saturated heterocycles. The van der Waals surface area contributed by atoms with Gasteiger partial charge in [-0.25, -0.2) is 17.5 Å². The van der Waals surface area contributed by atoms with Crippen LogP contribution in [0.1, 0.15) is 30.3 Å². The van der Waals surface area contributed by atoms with Crippen LogP contribution in [0.25, 0.3) is 33.2 Å². The largest absolute Gasteiger partial charge is 0.496 e. The Morgan fingerprint density at radius 1 is 1.14 bits per heavy atom. The van der Waals surface area contributed by atoms with E-state index in [1.54, 1.807) is 25.5 Å². The highest BCUT2D eigenvalue weighted by Crippen LogP contribution is 2.44. The van der Waals surface area contributed by atoms with Gasteiger partial charge in [-0.3, -0.25) is 9.97 Å². The van der Waals surface area contributed by atoms with Crippen LogP contribution in [-0.4, -0.2) is 88.1 Å². The van der Waals surface area contributed by atoms with Gasteiger partial charge in [-0.2, -0.15) is 0 Å². The Labute approximate surface area is 252 Å². The van der Waals surface area contributed by atoms with Crippen LogP contribution in [0.2, 0.25) is 0 Å². The second-order valence-corrected chi connectivity index (χ2v) is 12.9. The van der Waals surface area contributed by atoms with Gasteiger partial charge in [0.2, 0.25) is 0 Å². The number of hydrogen-bond acceptors (Lipinski definition) is 8. The Kier molecular flexibility index (Phi) is 7.36. The fraction of sp³-hybridized carbons (Fsp3) is 0.357. The lowest BCUT2D eigenvalue weighted by molar-refractivity contribution is 0.0543. The van der Waals surface area contributed by atoms with Crippen LogP contribution in [0.4, 0.5) is 4.39 Å². The highest BCUT2D eigenvalue weighted by Gasteiger charge is 2.34. The van der Waals surface area contributed by atoms with Crippen LogP contribution in [0, 0.1) is 11.7 Å². The van der Waals surface area contributed by atoms with Crippen molar-refractivity contribution in [1.29, 1.82) is 0 Å². The molecule has 43 heavy (non-hydrogen) atoms. The lowest BCUT2D eigenvalue weighted by Crippen LogP contribution is -2.28. The van der Waals surface area contributed by atoms with Crippen molar-refractivity contribution in [1.82, 2.24) is 29.5 Å².